The molecule has 0 aromatic carbocycles. The van der Waals surface area contributed by atoms with Gasteiger partial charge >= 0.3 is 0 Å². The lowest BCUT2D eigenvalue weighted by Gasteiger charge is -2.37. The molecule has 2 aliphatic rings. The van der Waals surface area contributed by atoms with Gasteiger partial charge in [0.15, 0.2) is 0 Å². The molecule has 1 N–H and O–H groups in total. The van der Waals surface area contributed by atoms with E-state index in [-0.39, 0.29) is 0 Å². The van der Waals surface area contributed by atoms with Gasteiger partial charge in [-0.2, -0.15) is 0 Å². The van der Waals surface area contributed by atoms with Crippen LogP contribution in [0.15, 0.2) is 0 Å². The van der Waals surface area contributed by atoms with E-state index in [0.717, 1.165) is 12.1 Å². The lowest BCUT2D eigenvalue weighted by molar-refractivity contribution is 0.151. The Morgan fingerprint density at radius 2 is 1.78 bits per heavy atom. The van der Waals surface area contributed by atoms with Crippen molar-refractivity contribution >= 4 is 0 Å². The van der Waals surface area contributed by atoms with Crippen molar-refractivity contribution in [2.24, 2.45) is 5.41 Å². The molecule has 1 aliphatic carbocycles. The summed E-state index contributed by atoms with van der Waals surface area (Å²) in [5.74, 6) is 0. The van der Waals surface area contributed by atoms with Crippen LogP contribution in [0.5, 0.6) is 0 Å². The summed E-state index contributed by atoms with van der Waals surface area (Å²) in [5, 5.41) is 3.89. The van der Waals surface area contributed by atoms with Crippen LogP contribution in [0.1, 0.15) is 65.7 Å². The zero-order valence-electron chi connectivity index (χ0n) is 12.7. The van der Waals surface area contributed by atoms with Crippen molar-refractivity contribution in [2.75, 3.05) is 19.6 Å². The quantitative estimate of drug-likeness (QED) is 0.806. The Kier molecular flexibility index (Phi) is 5.08. The topological polar surface area (TPSA) is 15.3 Å². The average molecular weight is 252 g/mol. The van der Waals surface area contributed by atoms with Gasteiger partial charge < -0.3 is 10.2 Å². The Bertz CT molecular complexity index is 235. The van der Waals surface area contributed by atoms with E-state index in [4.69, 9.17) is 0 Å². The molecular weight excluding hydrogens is 220 g/mol. The van der Waals surface area contributed by atoms with Gasteiger partial charge in [-0.05, 0) is 64.5 Å². The smallest absolute Gasteiger partial charge is 0.00916 e. The van der Waals surface area contributed by atoms with Crippen molar-refractivity contribution in [1.82, 2.24) is 10.2 Å². The van der Waals surface area contributed by atoms with Gasteiger partial charge in [0, 0.05) is 18.6 Å². The molecule has 1 saturated carbocycles. The van der Waals surface area contributed by atoms with Crippen LogP contribution < -0.4 is 5.32 Å². The fourth-order valence-corrected chi connectivity index (χ4v) is 3.76. The summed E-state index contributed by atoms with van der Waals surface area (Å²) in [4.78, 5) is 2.61. The highest BCUT2D eigenvalue weighted by Gasteiger charge is 2.32. The molecule has 0 bridgehead atoms. The molecule has 0 radical (unpaired) electrons. The molecule has 1 heterocycles. The summed E-state index contributed by atoms with van der Waals surface area (Å²) in [6.45, 7) is 10.9. The summed E-state index contributed by atoms with van der Waals surface area (Å²) < 4.78 is 0. The maximum Gasteiger partial charge on any atom is 0.00916 e. The van der Waals surface area contributed by atoms with Gasteiger partial charge in [-0.15, -0.1) is 0 Å². The van der Waals surface area contributed by atoms with Gasteiger partial charge in [0.2, 0.25) is 0 Å². The minimum Gasteiger partial charge on any atom is -0.313 e. The van der Waals surface area contributed by atoms with Gasteiger partial charge in [-0.25, -0.2) is 0 Å². The SMILES string of the molecule is CCC1(CNC2CCN(C(C)C)CC2)CCCC1. The van der Waals surface area contributed by atoms with Crippen molar-refractivity contribution < 1.29 is 0 Å². The van der Waals surface area contributed by atoms with Gasteiger partial charge in [0.05, 0.1) is 0 Å². The number of hydrogen-bond acceptors (Lipinski definition) is 2. The lowest BCUT2D eigenvalue weighted by Crippen LogP contribution is -2.47. The summed E-state index contributed by atoms with van der Waals surface area (Å²) in [6, 6.07) is 1.51. The van der Waals surface area contributed by atoms with Crippen molar-refractivity contribution in [1.29, 1.82) is 0 Å². The number of nitrogens with zero attached hydrogens (tertiary/aromatic N) is 1. The lowest BCUT2D eigenvalue weighted by atomic mass is 9.83. The van der Waals surface area contributed by atoms with Crippen molar-refractivity contribution in [3.8, 4) is 0 Å². The molecule has 2 nitrogen and oxygen atoms in total. The predicted octanol–water partition coefficient (Wildman–Crippen LogP) is 3.42. The fraction of sp³-hybridized carbons (Fsp3) is 1.00. The molecule has 2 heteroatoms. The molecule has 1 saturated heterocycles. The molecule has 1 aliphatic heterocycles. The number of likely N-dealkylation sites (tertiary alicyclic amines) is 1. The Labute approximate surface area is 114 Å². The van der Waals surface area contributed by atoms with E-state index < -0.39 is 0 Å². The standard InChI is InChI=1S/C16H32N2/c1-4-16(9-5-6-10-16)13-17-15-7-11-18(12-8-15)14(2)3/h14-15,17H,4-13H2,1-3H3. The Morgan fingerprint density at radius 1 is 1.17 bits per heavy atom. The molecule has 0 spiro atoms. The van der Waals surface area contributed by atoms with Crippen LogP contribution >= 0.6 is 0 Å². The molecule has 2 rings (SSSR count). The third-order valence-corrected chi connectivity index (χ3v) is 5.44. The minimum atomic E-state index is 0.648. The molecule has 18 heavy (non-hydrogen) atoms. The first-order chi connectivity index (χ1) is 8.65. The van der Waals surface area contributed by atoms with E-state index >= 15 is 0 Å². The predicted molar refractivity (Wildman–Crippen MR) is 78.9 cm³/mol. The van der Waals surface area contributed by atoms with Crippen LogP contribution in [0.3, 0.4) is 0 Å². The zero-order chi connectivity index (χ0) is 13.0. The van der Waals surface area contributed by atoms with Gasteiger partial charge in [-0.3, -0.25) is 0 Å². The molecule has 2 fully saturated rings. The van der Waals surface area contributed by atoms with Crippen LogP contribution in [0.2, 0.25) is 0 Å². The third kappa shape index (κ3) is 3.48. The largest absolute Gasteiger partial charge is 0.313 e. The van der Waals surface area contributed by atoms with Crippen molar-refractivity contribution in [2.45, 2.75) is 77.8 Å². The second-order valence-electron chi connectivity index (χ2n) is 6.85. The molecular formula is C16H32N2. The highest BCUT2D eigenvalue weighted by Crippen LogP contribution is 2.40. The molecule has 0 aromatic heterocycles. The van der Waals surface area contributed by atoms with Crippen LogP contribution in [-0.2, 0) is 0 Å². The van der Waals surface area contributed by atoms with Crippen LogP contribution in [0.4, 0.5) is 0 Å². The second kappa shape index (κ2) is 6.38. The number of hydrogen-bond donors (Lipinski definition) is 1. The summed E-state index contributed by atoms with van der Waals surface area (Å²) in [5.41, 5.74) is 0.648. The zero-order valence-corrected chi connectivity index (χ0v) is 12.7. The molecule has 0 amide bonds. The third-order valence-electron chi connectivity index (χ3n) is 5.44. The highest BCUT2D eigenvalue weighted by atomic mass is 15.2. The first-order valence-electron chi connectivity index (χ1n) is 8.13. The molecule has 106 valence electrons. The Morgan fingerprint density at radius 3 is 2.28 bits per heavy atom. The van der Waals surface area contributed by atoms with E-state index in [1.54, 1.807) is 0 Å². The fourth-order valence-electron chi connectivity index (χ4n) is 3.76. The summed E-state index contributed by atoms with van der Waals surface area (Å²) in [7, 11) is 0. The molecule has 0 unspecified atom stereocenters. The van der Waals surface area contributed by atoms with E-state index in [2.05, 4.69) is 31.0 Å². The Balaban J connectivity index is 1.71. The van der Waals surface area contributed by atoms with Gasteiger partial charge in [0.1, 0.15) is 0 Å². The Hall–Kier alpha value is -0.0800. The van der Waals surface area contributed by atoms with Crippen LogP contribution in [0.25, 0.3) is 0 Å². The monoisotopic (exact) mass is 252 g/mol. The van der Waals surface area contributed by atoms with Crippen molar-refractivity contribution in [3.63, 3.8) is 0 Å². The van der Waals surface area contributed by atoms with Gasteiger partial charge in [0.25, 0.3) is 0 Å². The van der Waals surface area contributed by atoms with Crippen LogP contribution in [-0.4, -0.2) is 36.6 Å². The first kappa shape index (κ1) is 14.3. The number of piperidine rings is 1. The maximum absolute atomic E-state index is 3.89. The number of rotatable bonds is 5. The van der Waals surface area contributed by atoms with E-state index in [1.807, 2.05) is 0 Å². The summed E-state index contributed by atoms with van der Waals surface area (Å²) >= 11 is 0. The second-order valence-corrected chi connectivity index (χ2v) is 6.85. The van der Waals surface area contributed by atoms with E-state index in [9.17, 15) is 0 Å². The average Bonchev–Trinajstić information content (AvgIpc) is 2.86. The van der Waals surface area contributed by atoms with Crippen molar-refractivity contribution in [3.05, 3.63) is 0 Å². The first-order valence-corrected chi connectivity index (χ1v) is 8.13. The van der Waals surface area contributed by atoms with Crippen LogP contribution in [0, 0.1) is 5.41 Å². The van der Waals surface area contributed by atoms with E-state index in [1.165, 1.54) is 64.6 Å². The number of nitrogens with one attached hydrogen (secondary N) is 1. The molecule has 0 atom stereocenters. The minimum absolute atomic E-state index is 0.648. The summed E-state index contributed by atoms with van der Waals surface area (Å²) in [6.07, 6.45) is 9.89. The highest BCUT2D eigenvalue weighted by molar-refractivity contribution is 4.88. The van der Waals surface area contributed by atoms with E-state index in [0.29, 0.717) is 5.41 Å². The van der Waals surface area contributed by atoms with Gasteiger partial charge in [-0.1, -0.05) is 19.8 Å². The normalized spacial score (nSPS) is 26.0. The maximum atomic E-state index is 3.89. The molecule has 0 aromatic rings.